The van der Waals surface area contributed by atoms with Crippen molar-refractivity contribution in [3.63, 3.8) is 0 Å². The number of piperidine rings is 1. The molecule has 31 heavy (non-hydrogen) atoms. The third-order valence-corrected chi connectivity index (χ3v) is 6.81. The number of hydrogen-bond acceptors (Lipinski definition) is 4. The molecule has 3 heterocycles. The van der Waals surface area contributed by atoms with Gasteiger partial charge >= 0.3 is 0 Å². The molecule has 4 atom stereocenters. The minimum atomic E-state index is 0.148. The lowest BCUT2D eigenvalue weighted by molar-refractivity contribution is -0.0817. The van der Waals surface area contributed by atoms with Gasteiger partial charge < -0.3 is 19.7 Å². The van der Waals surface area contributed by atoms with Crippen LogP contribution in [0.2, 0.25) is 0 Å². The molecule has 6 heteroatoms. The van der Waals surface area contributed by atoms with E-state index >= 15 is 0 Å². The molecule has 3 aliphatic heterocycles. The Morgan fingerprint density at radius 2 is 1.71 bits per heavy atom. The zero-order valence-electron chi connectivity index (χ0n) is 19.6. The van der Waals surface area contributed by atoms with E-state index in [2.05, 4.69) is 58.2 Å². The summed E-state index contributed by atoms with van der Waals surface area (Å²) in [4.78, 5) is 9.44. The maximum absolute atomic E-state index is 5.98. The molecule has 3 fully saturated rings. The molecule has 0 saturated carbocycles. The van der Waals surface area contributed by atoms with Crippen LogP contribution in [0.5, 0.6) is 0 Å². The summed E-state index contributed by atoms with van der Waals surface area (Å²) >= 11 is 0. The van der Waals surface area contributed by atoms with Gasteiger partial charge in [0.05, 0.1) is 12.7 Å². The summed E-state index contributed by atoms with van der Waals surface area (Å²) in [6, 6.07) is 9.07. The fourth-order valence-electron chi connectivity index (χ4n) is 5.44. The highest BCUT2D eigenvalue weighted by molar-refractivity contribution is 5.80. The second-order valence-electron chi connectivity index (χ2n) is 9.76. The van der Waals surface area contributed by atoms with Gasteiger partial charge in [-0.1, -0.05) is 38.1 Å². The Morgan fingerprint density at radius 1 is 1.00 bits per heavy atom. The van der Waals surface area contributed by atoms with Gasteiger partial charge in [0.15, 0.2) is 5.96 Å². The molecular weight excluding hydrogens is 388 g/mol. The maximum atomic E-state index is 5.98. The predicted molar refractivity (Wildman–Crippen MR) is 125 cm³/mol. The van der Waals surface area contributed by atoms with Gasteiger partial charge in [0.1, 0.15) is 6.10 Å². The van der Waals surface area contributed by atoms with Crippen molar-refractivity contribution in [1.82, 2.24) is 15.1 Å². The molecule has 3 aliphatic rings. The molecule has 0 aromatic heterocycles. The Balaban J connectivity index is 1.26. The summed E-state index contributed by atoms with van der Waals surface area (Å²) in [5.74, 6) is 2.56. The van der Waals surface area contributed by atoms with E-state index in [1.807, 2.05) is 7.05 Å². The van der Waals surface area contributed by atoms with Crippen molar-refractivity contribution in [2.45, 2.75) is 58.4 Å². The number of hydrogen-bond donors (Lipinski definition) is 1. The second-order valence-corrected chi connectivity index (χ2v) is 9.76. The summed E-state index contributed by atoms with van der Waals surface area (Å²) in [6.07, 6.45) is 3.99. The number of nitrogens with zero attached hydrogens (tertiary/aromatic N) is 3. The monoisotopic (exact) mass is 428 g/mol. The number of likely N-dealkylation sites (tertiary alicyclic amines) is 1. The summed E-state index contributed by atoms with van der Waals surface area (Å²) in [7, 11) is 1.86. The van der Waals surface area contributed by atoms with Crippen molar-refractivity contribution >= 4 is 5.96 Å². The third-order valence-electron chi connectivity index (χ3n) is 6.81. The molecule has 0 bridgehead atoms. The van der Waals surface area contributed by atoms with Crippen LogP contribution < -0.4 is 5.32 Å². The fraction of sp³-hybridized carbons (Fsp3) is 0.720. The van der Waals surface area contributed by atoms with E-state index in [0.717, 1.165) is 70.0 Å². The largest absolute Gasteiger partial charge is 0.375 e. The average Bonchev–Trinajstić information content (AvgIpc) is 3.30. The average molecular weight is 429 g/mol. The Hall–Kier alpha value is -1.63. The van der Waals surface area contributed by atoms with Crippen molar-refractivity contribution in [2.24, 2.45) is 16.8 Å². The van der Waals surface area contributed by atoms with Crippen LogP contribution in [-0.2, 0) is 22.6 Å². The van der Waals surface area contributed by atoms with Crippen LogP contribution in [-0.4, -0.2) is 74.4 Å². The normalized spacial score (nSPS) is 30.5. The standard InChI is InChI=1S/C25H40N4O2/c1-19-13-20(2)16-28(15-19)17-22-8-6-21(7-9-22)14-27-25(26-3)29-10-12-31-24(18-29)23-5-4-11-30-23/h6-9,19-20,23-24H,4-5,10-18H2,1-3H3,(H,26,27). The molecular formula is C25H40N4O2. The molecule has 3 saturated heterocycles. The predicted octanol–water partition coefficient (Wildman–Crippen LogP) is 3.12. The highest BCUT2D eigenvalue weighted by Crippen LogP contribution is 2.23. The number of benzene rings is 1. The van der Waals surface area contributed by atoms with Crippen molar-refractivity contribution in [1.29, 1.82) is 0 Å². The van der Waals surface area contributed by atoms with E-state index in [1.165, 1.54) is 30.6 Å². The summed E-state index contributed by atoms with van der Waals surface area (Å²) in [5.41, 5.74) is 2.69. The van der Waals surface area contributed by atoms with Crippen LogP contribution in [0.3, 0.4) is 0 Å². The molecule has 4 unspecified atom stereocenters. The smallest absolute Gasteiger partial charge is 0.194 e. The van der Waals surface area contributed by atoms with E-state index in [-0.39, 0.29) is 12.2 Å². The summed E-state index contributed by atoms with van der Waals surface area (Å²) in [5, 5.41) is 3.55. The van der Waals surface area contributed by atoms with Gasteiger partial charge in [-0.15, -0.1) is 0 Å². The van der Waals surface area contributed by atoms with Gasteiger partial charge in [0.25, 0.3) is 0 Å². The molecule has 0 radical (unpaired) electrons. The summed E-state index contributed by atoms with van der Waals surface area (Å²) in [6.45, 7) is 12.3. The first-order chi connectivity index (χ1) is 15.1. The summed E-state index contributed by atoms with van der Waals surface area (Å²) < 4.78 is 11.8. The van der Waals surface area contributed by atoms with E-state index in [4.69, 9.17) is 9.47 Å². The Morgan fingerprint density at radius 3 is 2.39 bits per heavy atom. The molecule has 172 valence electrons. The van der Waals surface area contributed by atoms with E-state index in [1.54, 1.807) is 0 Å². The second kappa shape index (κ2) is 10.8. The lowest BCUT2D eigenvalue weighted by Gasteiger charge is -2.37. The highest BCUT2D eigenvalue weighted by Gasteiger charge is 2.32. The Kier molecular flexibility index (Phi) is 7.86. The number of ether oxygens (including phenoxy) is 2. The zero-order chi connectivity index (χ0) is 21.6. The quantitative estimate of drug-likeness (QED) is 0.577. The van der Waals surface area contributed by atoms with Crippen molar-refractivity contribution < 1.29 is 9.47 Å². The van der Waals surface area contributed by atoms with Crippen LogP contribution >= 0.6 is 0 Å². The Bertz CT molecular complexity index is 707. The molecule has 1 aromatic carbocycles. The van der Waals surface area contributed by atoms with E-state index < -0.39 is 0 Å². The van der Waals surface area contributed by atoms with E-state index in [0.29, 0.717) is 0 Å². The van der Waals surface area contributed by atoms with Crippen molar-refractivity contribution in [3.8, 4) is 0 Å². The van der Waals surface area contributed by atoms with Crippen LogP contribution in [0.1, 0.15) is 44.2 Å². The van der Waals surface area contributed by atoms with Crippen molar-refractivity contribution in [2.75, 3.05) is 46.4 Å². The lowest BCUT2D eigenvalue weighted by atomic mass is 9.91. The maximum Gasteiger partial charge on any atom is 0.194 e. The highest BCUT2D eigenvalue weighted by atomic mass is 16.5. The number of morpholine rings is 1. The Labute approximate surface area is 188 Å². The molecule has 4 rings (SSSR count). The van der Waals surface area contributed by atoms with Crippen LogP contribution in [0, 0.1) is 11.8 Å². The van der Waals surface area contributed by atoms with Gasteiger partial charge in [-0.05, 0) is 42.2 Å². The minimum Gasteiger partial charge on any atom is -0.375 e. The first kappa shape index (κ1) is 22.6. The fourth-order valence-corrected chi connectivity index (χ4v) is 5.44. The van der Waals surface area contributed by atoms with Gasteiger partial charge in [-0.25, -0.2) is 0 Å². The SMILES string of the molecule is CN=C(NCc1ccc(CN2CC(C)CC(C)C2)cc1)N1CCOC(C2CCCO2)C1. The van der Waals surface area contributed by atoms with Gasteiger partial charge in [0.2, 0.25) is 0 Å². The number of aliphatic imine (C=N–C) groups is 1. The van der Waals surface area contributed by atoms with Gasteiger partial charge in [-0.3, -0.25) is 9.89 Å². The zero-order valence-corrected chi connectivity index (χ0v) is 19.6. The number of nitrogens with one attached hydrogen (secondary N) is 1. The van der Waals surface area contributed by atoms with Crippen LogP contribution in [0.4, 0.5) is 0 Å². The molecule has 0 aliphatic carbocycles. The van der Waals surface area contributed by atoms with E-state index in [9.17, 15) is 0 Å². The van der Waals surface area contributed by atoms with Crippen LogP contribution in [0.15, 0.2) is 29.3 Å². The lowest BCUT2D eigenvalue weighted by Crippen LogP contribution is -2.53. The third kappa shape index (κ3) is 6.21. The minimum absolute atomic E-state index is 0.148. The first-order valence-corrected chi connectivity index (χ1v) is 12.1. The first-order valence-electron chi connectivity index (χ1n) is 12.1. The molecule has 1 N–H and O–H groups in total. The molecule has 6 nitrogen and oxygen atoms in total. The number of rotatable bonds is 5. The molecule has 1 aromatic rings. The van der Waals surface area contributed by atoms with Gasteiger partial charge in [-0.2, -0.15) is 0 Å². The van der Waals surface area contributed by atoms with Crippen LogP contribution in [0.25, 0.3) is 0 Å². The topological polar surface area (TPSA) is 49.3 Å². The molecule has 0 spiro atoms. The molecule has 0 amide bonds. The van der Waals surface area contributed by atoms with Crippen molar-refractivity contribution in [3.05, 3.63) is 35.4 Å². The van der Waals surface area contributed by atoms with Gasteiger partial charge in [0, 0.05) is 52.9 Å². The number of guanidine groups is 1.